The Morgan fingerprint density at radius 3 is 2.26 bits per heavy atom. The van der Waals surface area contributed by atoms with Crippen molar-refractivity contribution in [2.24, 2.45) is 0 Å². The zero-order valence-electron chi connectivity index (χ0n) is 12.0. The van der Waals surface area contributed by atoms with Crippen LogP contribution in [0.3, 0.4) is 0 Å². The summed E-state index contributed by atoms with van der Waals surface area (Å²) >= 11 is 6.04. The summed E-state index contributed by atoms with van der Waals surface area (Å²) < 4.78 is 2.04. The van der Waals surface area contributed by atoms with Gasteiger partial charge in [0.1, 0.15) is 11.8 Å². The first kappa shape index (κ1) is 14.2. The van der Waals surface area contributed by atoms with Crippen LogP contribution >= 0.6 is 11.6 Å². The van der Waals surface area contributed by atoms with Crippen LogP contribution in [0, 0.1) is 0 Å². The molecule has 0 saturated heterocycles. The van der Waals surface area contributed by atoms with Gasteiger partial charge in [-0.25, -0.2) is 15.0 Å². The van der Waals surface area contributed by atoms with Crippen LogP contribution in [0.5, 0.6) is 0 Å². The summed E-state index contributed by atoms with van der Waals surface area (Å²) in [4.78, 5) is 15.0. The lowest BCUT2D eigenvalue weighted by Crippen LogP contribution is -2.41. The van der Waals surface area contributed by atoms with Crippen molar-refractivity contribution in [2.75, 3.05) is 0 Å². The third-order valence-corrected chi connectivity index (χ3v) is 3.62. The van der Waals surface area contributed by atoms with Gasteiger partial charge in [-0.1, -0.05) is 11.6 Å². The van der Waals surface area contributed by atoms with Crippen LogP contribution in [0.2, 0.25) is 5.15 Å². The fourth-order valence-electron chi connectivity index (χ4n) is 2.70. The number of nitrogens with zero attached hydrogens (tertiary/aromatic N) is 5. The van der Waals surface area contributed by atoms with Gasteiger partial charge in [0.2, 0.25) is 0 Å². The molecule has 0 fully saturated rings. The minimum Gasteiger partial charge on any atom is -0.299 e. The molecule has 6 heteroatoms. The predicted octanol–water partition coefficient (Wildman–Crippen LogP) is 3.12. The molecule has 0 amide bonds. The minimum absolute atomic E-state index is 0.163. The number of hydrogen-bond donors (Lipinski definition) is 0. The molecule has 2 heterocycles. The molecule has 0 aromatic carbocycles. The molecule has 19 heavy (non-hydrogen) atoms. The van der Waals surface area contributed by atoms with Gasteiger partial charge in [0, 0.05) is 12.1 Å². The van der Waals surface area contributed by atoms with Gasteiger partial charge in [-0.15, -0.1) is 0 Å². The van der Waals surface area contributed by atoms with Crippen molar-refractivity contribution < 1.29 is 0 Å². The molecule has 5 nitrogen and oxygen atoms in total. The molecular weight excluding hydrogens is 262 g/mol. The highest BCUT2D eigenvalue weighted by Gasteiger charge is 2.23. The molecule has 2 rings (SSSR count). The van der Waals surface area contributed by atoms with Crippen molar-refractivity contribution in [2.45, 2.75) is 52.9 Å². The second-order valence-corrected chi connectivity index (χ2v) is 5.61. The van der Waals surface area contributed by atoms with E-state index in [0.29, 0.717) is 22.8 Å². The standard InChI is InChI=1S/C13H20ClN5/c1-8(2)19(9(3)4)10(5)18-7-17-11-12(14)15-6-16-13(11)18/h6-10H,1-5H3. The molecule has 0 saturated carbocycles. The number of aromatic nitrogens is 4. The second kappa shape index (κ2) is 5.43. The van der Waals surface area contributed by atoms with Gasteiger partial charge in [0.05, 0.1) is 12.5 Å². The highest BCUT2D eigenvalue weighted by Crippen LogP contribution is 2.25. The Morgan fingerprint density at radius 1 is 1.05 bits per heavy atom. The zero-order valence-corrected chi connectivity index (χ0v) is 12.8. The SMILES string of the molecule is CC(C)N(C(C)C)C(C)n1cnc2c(Cl)ncnc21. The van der Waals surface area contributed by atoms with E-state index in [1.54, 1.807) is 6.33 Å². The van der Waals surface area contributed by atoms with Crippen molar-refractivity contribution in [3.8, 4) is 0 Å². The second-order valence-electron chi connectivity index (χ2n) is 5.26. The lowest BCUT2D eigenvalue weighted by molar-refractivity contribution is 0.0818. The van der Waals surface area contributed by atoms with E-state index in [4.69, 9.17) is 11.6 Å². The summed E-state index contributed by atoms with van der Waals surface area (Å²) in [5.41, 5.74) is 1.43. The Morgan fingerprint density at radius 2 is 1.68 bits per heavy atom. The molecule has 0 spiro atoms. The molecule has 0 radical (unpaired) electrons. The summed E-state index contributed by atoms with van der Waals surface area (Å²) in [6, 6.07) is 0.870. The number of fused-ring (bicyclic) bond motifs is 1. The van der Waals surface area contributed by atoms with Crippen LogP contribution in [-0.2, 0) is 0 Å². The summed E-state index contributed by atoms with van der Waals surface area (Å²) in [6.45, 7) is 10.9. The average Bonchev–Trinajstić information content (AvgIpc) is 2.73. The third kappa shape index (κ3) is 2.58. The largest absolute Gasteiger partial charge is 0.299 e. The van der Waals surface area contributed by atoms with Gasteiger partial charge in [-0.3, -0.25) is 9.47 Å². The quantitative estimate of drug-likeness (QED) is 0.808. The Hall–Kier alpha value is -1.20. The normalized spacial score (nSPS) is 13.9. The van der Waals surface area contributed by atoms with E-state index in [0.717, 1.165) is 5.65 Å². The Balaban J connectivity index is 2.46. The van der Waals surface area contributed by atoms with E-state index in [1.807, 2.05) is 4.57 Å². The molecule has 0 aliphatic heterocycles. The van der Waals surface area contributed by atoms with Crippen LogP contribution < -0.4 is 0 Å². The molecule has 2 aromatic heterocycles. The molecule has 0 aliphatic rings. The number of halogens is 1. The van der Waals surface area contributed by atoms with E-state index in [9.17, 15) is 0 Å². The first-order valence-electron chi connectivity index (χ1n) is 6.54. The van der Waals surface area contributed by atoms with Gasteiger partial charge in [-0.2, -0.15) is 0 Å². The predicted molar refractivity (Wildman–Crippen MR) is 77.2 cm³/mol. The fraction of sp³-hybridized carbons (Fsp3) is 0.615. The Labute approximate surface area is 118 Å². The van der Waals surface area contributed by atoms with E-state index in [1.165, 1.54) is 6.33 Å². The van der Waals surface area contributed by atoms with Crippen LogP contribution in [0.4, 0.5) is 0 Å². The smallest absolute Gasteiger partial charge is 0.166 e. The Bertz CT molecular complexity index is 555. The maximum atomic E-state index is 6.04. The van der Waals surface area contributed by atoms with Gasteiger partial charge in [0.25, 0.3) is 0 Å². The molecule has 1 atom stereocenters. The third-order valence-electron chi connectivity index (χ3n) is 3.34. The van der Waals surface area contributed by atoms with Gasteiger partial charge >= 0.3 is 0 Å². The van der Waals surface area contributed by atoms with E-state index >= 15 is 0 Å². The van der Waals surface area contributed by atoms with Gasteiger partial charge < -0.3 is 0 Å². The van der Waals surface area contributed by atoms with Crippen LogP contribution in [0.25, 0.3) is 11.2 Å². The maximum Gasteiger partial charge on any atom is 0.166 e. The molecular formula is C13H20ClN5. The molecule has 1 unspecified atom stereocenters. The molecule has 0 aliphatic carbocycles. The first-order valence-corrected chi connectivity index (χ1v) is 6.91. The minimum atomic E-state index is 0.163. The van der Waals surface area contributed by atoms with Crippen molar-refractivity contribution in [3.05, 3.63) is 17.8 Å². The number of imidazole rings is 1. The van der Waals surface area contributed by atoms with Crippen molar-refractivity contribution in [1.82, 2.24) is 24.4 Å². The van der Waals surface area contributed by atoms with Crippen molar-refractivity contribution in [1.29, 1.82) is 0 Å². The van der Waals surface area contributed by atoms with Crippen molar-refractivity contribution >= 4 is 22.8 Å². The molecule has 0 N–H and O–H groups in total. The highest BCUT2D eigenvalue weighted by molar-refractivity contribution is 6.33. The lowest BCUT2D eigenvalue weighted by Gasteiger charge is -2.36. The van der Waals surface area contributed by atoms with Crippen LogP contribution in [0.15, 0.2) is 12.7 Å². The van der Waals surface area contributed by atoms with Gasteiger partial charge in [-0.05, 0) is 34.6 Å². The maximum absolute atomic E-state index is 6.04. The van der Waals surface area contributed by atoms with E-state index in [-0.39, 0.29) is 6.17 Å². The number of hydrogen-bond acceptors (Lipinski definition) is 4. The summed E-state index contributed by atoms with van der Waals surface area (Å²) in [5, 5.41) is 0.400. The monoisotopic (exact) mass is 281 g/mol. The summed E-state index contributed by atoms with van der Waals surface area (Å²) in [5.74, 6) is 0. The summed E-state index contributed by atoms with van der Waals surface area (Å²) in [7, 11) is 0. The van der Waals surface area contributed by atoms with Crippen molar-refractivity contribution in [3.63, 3.8) is 0 Å². The first-order chi connectivity index (χ1) is 8.93. The summed E-state index contributed by atoms with van der Waals surface area (Å²) in [6.07, 6.45) is 3.43. The number of rotatable bonds is 4. The van der Waals surface area contributed by atoms with Crippen LogP contribution in [0.1, 0.15) is 40.8 Å². The topological polar surface area (TPSA) is 46.8 Å². The fourth-order valence-corrected chi connectivity index (χ4v) is 2.88. The molecule has 0 bridgehead atoms. The van der Waals surface area contributed by atoms with Crippen LogP contribution in [-0.4, -0.2) is 36.5 Å². The zero-order chi connectivity index (χ0) is 14.2. The molecule has 104 valence electrons. The lowest BCUT2D eigenvalue weighted by atomic mass is 10.2. The van der Waals surface area contributed by atoms with E-state index in [2.05, 4.69) is 54.5 Å². The Kier molecular flexibility index (Phi) is 4.06. The van der Waals surface area contributed by atoms with E-state index < -0.39 is 0 Å². The highest BCUT2D eigenvalue weighted by atomic mass is 35.5. The van der Waals surface area contributed by atoms with Gasteiger partial charge in [0.15, 0.2) is 10.8 Å². The average molecular weight is 282 g/mol. The molecule has 2 aromatic rings.